The predicted octanol–water partition coefficient (Wildman–Crippen LogP) is 3.13. The first kappa shape index (κ1) is 16.1. The van der Waals surface area contributed by atoms with Crippen LogP contribution in [-0.2, 0) is 11.3 Å². The van der Waals surface area contributed by atoms with Crippen molar-refractivity contribution in [3.05, 3.63) is 42.0 Å². The second-order valence-electron chi connectivity index (χ2n) is 6.34. The summed E-state index contributed by atoms with van der Waals surface area (Å²) in [6.45, 7) is 3.97. The van der Waals surface area contributed by atoms with E-state index in [4.69, 9.17) is 4.42 Å². The molecule has 0 bridgehead atoms. The van der Waals surface area contributed by atoms with Crippen LogP contribution in [0.4, 0.5) is 5.13 Å². The van der Waals surface area contributed by atoms with E-state index in [1.165, 1.54) is 0 Å². The van der Waals surface area contributed by atoms with Crippen LogP contribution in [0.15, 0.2) is 34.9 Å². The molecule has 1 saturated heterocycles. The van der Waals surface area contributed by atoms with E-state index in [-0.39, 0.29) is 11.8 Å². The van der Waals surface area contributed by atoms with Gasteiger partial charge in [-0.2, -0.15) is 0 Å². The summed E-state index contributed by atoms with van der Waals surface area (Å²) in [5.74, 6) is 1.70. The topological polar surface area (TPSA) is 71.3 Å². The highest BCUT2D eigenvalue weighted by atomic mass is 32.1. The van der Waals surface area contributed by atoms with Gasteiger partial charge in [-0.25, -0.2) is 9.97 Å². The molecule has 7 heteroatoms. The van der Waals surface area contributed by atoms with Gasteiger partial charge in [0.1, 0.15) is 21.9 Å². The average molecular weight is 356 g/mol. The number of aromatic nitrogens is 2. The van der Waals surface area contributed by atoms with Crippen molar-refractivity contribution in [1.29, 1.82) is 0 Å². The molecule has 1 amide bonds. The monoisotopic (exact) mass is 356 g/mol. The Morgan fingerprint density at radius 2 is 2.36 bits per heavy atom. The van der Waals surface area contributed by atoms with Crippen LogP contribution < -0.4 is 10.2 Å². The zero-order valence-electron chi connectivity index (χ0n) is 14.1. The highest BCUT2D eigenvalue weighted by molar-refractivity contribution is 7.21. The van der Waals surface area contributed by atoms with Crippen LogP contribution in [-0.4, -0.2) is 29.0 Å². The molecule has 4 rings (SSSR count). The molecule has 1 N–H and O–H groups in total. The van der Waals surface area contributed by atoms with Gasteiger partial charge < -0.3 is 14.6 Å². The van der Waals surface area contributed by atoms with Crippen molar-refractivity contribution in [1.82, 2.24) is 15.3 Å². The maximum absolute atomic E-state index is 12.5. The average Bonchev–Trinajstić information content (AvgIpc) is 3.25. The number of nitrogens with zero attached hydrogens (tertiary/aromatic N) is 3. The Labute approximate surface area is 149 Å². The predicted molar refractivity (Wildman–Crippen MR) is 97.6 cm³/mol. The zero-order valence-corrected chi connectivity index (χ0v) is 14.9. The molecule has 25 heavy (non-hydrogen) atoms. The second kappa shape index (κ2) is 6.84. The summed E-state index contributed by atoms with van der Waals surface area (Å²) in [6, 6.07) is 7.68. The zero-order chi connectivity index (χ0) is 17.2. The molecule has 0 aliphatic carbocycles. The Kier molecular flexibility index (Phi) is 4.40. The Morgan fingerprint density at radius 1 is 1.44 bits per heavy atom. The fraction of sp³-hybridized carbons (Fsp3) is 0.389. The smallest absolute Gasteiger partial charge is 0.225 e. The fourth-order valence-electron chi connectivity index (χ4n) is 3.16. The standard InChI is InChI=1S/C18H20N4O2S/c1-12-6-7-14(24-12)10-20-16(23)13-4-3-9-22(11-13)18-21-15-5-2-8-19-17(15)25-18/h2,5-8,13H,3-4,9-11H2,1H3,(H,20,23)/t13-/m1/s1. The van der Waals surface area contributed by atoms with E-state index in [1.807, 2.05) is 31.2 Å². The van der Waals surface area contributed by atoms with Crippen molar-refractivity contribution in [2.75, 3.05) is 18.0 Å². The van der Waals surface area contributed by atoms with E-state index in [9.17, 15) is 4.79 Å². The number of nitrogens with one attached hydrogen (secondary N) is 1. The largest absolute Gasteiger partial charge is 0.465 e. The van der Waals surface area contributed by atoms with Crippen LogP contribution in [0.1, 0.15) is 24.4 Å². The number of amides is 1. The lowest BCUT2D eigenvalue weighted by Crippen LogP contribution is -2.42. The van der Waals surface area contributed by atoms with Gasteiger partial charge in [0.15, 0.2) is 5.13 Å². The number of hydrogen-bond acceptors (Lipinski definition) is 6. The molecule has 3 aromatic heterocycles. The van der Waals surface area contributed by atoms with Crippen LogP contribution >= 0.6 is 11.3 Å². The van der Waals surface area contributed by atoms with Crippen LogP contribution in [0.3, 0.4) is 0 Å². The Hall–Kier alpha value is -2.41. The Morgan fingerprint density at radius 3 is 3.16 bits per heavy atom. The number of fused-ring (bicyclic) bond motifs is 1. The number of pyridine rings is 1. The van der Waals surface area contributed by atoms with Crippen molar-refractivity contribution in [2.24, 2.45) is 5.92 Å². The molecule has 0 saturated carbocycles. The molecule has 3 aromatic rings. The molecular weight excluding hydrogens is 336 g/mol. The van der Waals surface area contributed by atoms with Gasteiger partial charge >= 0.3 is 0 Å². The minimum atomic E-state index is -0.0234. The molecule has 0 aromatic carbocycles. The number of thiazole rings is 1. The van der Waals surface area contributed by atoms with Crippen LogP contribution in [0.25, 0.3) is 10.3 Å². The van der Waals surface area contributed by atoms with E-state index in [0.717, 1.165) is 46.4 Å². The molecule has 1 fully saturated rings. The number of piperidine rings is 1. The fourth-order valence-corrected chi connectivity index (χ4v) is 4.10. The van der Waals surface area contributed by atoms with Crippen LogP contribution in [0, 0.1) is 12.8 Å². The first-order valence-corrected chi connectivity index (χ1v) is 9.30. The number of carbonyl (C=O) groups is 1. The number of furan rings is 1. The molecule has 1 aliphatic rings. The maximum Gasteiger partial charge on any atom is 0.225 e. The molecule has 6 nitrogen and oxygen atoms in total. The number of aryl methyl sites for hydroxylation is 1. The summed E-state index contributed by atoms with van der Waals surface area (Å²) in [7, 11) is 0. The van der Waals surface area contributed by atoms with Gasteiger partial charge in [0, 0.05) is 19.3 Å². The molecule has 1 aliphatic heterocycles. The third kappa shape index (κ3) is 3.51. The Balaban J connectivity index is 1.40. The second-order valence-corrected chi connectivity index (χ2v) is 7.30. The van der Waals surface area contributed by atoms with Gasteiger partial charge in [-0.15, -0.1) is 0 Å². The number of carbonyl (C=O) groups excluding carboxylic acids is 1. The highest BCUT2D eigenvalue weighted by Crippen LogP contribution is 2.30. The van der Waals surface area contributed by atoms with E-state index >= 15 is 0 Å². The van der Waals surface area contributed by atoms with E-state index in [0.29, 0.717) is 13.1 Å². The van der Waals surface area contributed by atoms with Gasteiger partial charge in [0.05, 0.1) is 12.5 Å². The first-order valence-electron chi connectivity index (χ1n) is 8.48. The lowest BCUT2D eigenvalue weighted by molar-refractivity contribution is -0.125. The first-order chi connectivity index (χ1) is 12.2. The van der Waals surface area contributed by atoms with Crippen LogP contribution in [0.5, 0.6) is 0 Å². The molecule has 130 valence electrons. The molecule has 4 heterocycles. The third-order valence-electron chi connectivity index (χ3n) is 4.45. The quantitative estimate of drug-likeness (QED) is 0.778. The van der Waals surface area contributed by atoms with Gasteiger partial charge in [-0.1, -0.05) is 11.3 Å². The van der Waals surface area contributed by atoms with E-state index < -0.39 is 0 Å². The van der Waals surface area contributed by atoms with Crippen LogP contribution in [0.2, 0.25) is 0 Å². The van der Waals surface area contributed by atoms with Gasteiger partial charge in [-0.3, -0.25) is 4.79 Å². The molecule has 0 spiro atoms. The number of anilines is 1. The lowest BCUT2D eigenvalue weighted by atomic mass is 9.97. The minimum absolute atomic E-state index is 0.0234. The summed E-state index contributed by atoms with van der Waals surface area (Å²) in [6.07, 6.45) is 3.68. The summed E-state index contributed by atoms with van der Waals surface area (Å²) in [4.78, 5) is 24.7. The number of rotatable bonds is 4. The summed E-state index contributed by atoms with van der Waals surface area (Å²) >= 11 is 1.59. The van der Waals surface area contributed by atoms with Crippen molar-refractivity contribution in [3.63, 3.8) is 0 Å². The summed E-state index contributed by atoms with van der Waals surface area (Å²) in [5.41, 5.74) is 0.919. The SMILES string of the molecule is Cc1ccc(CNC(=O)[C@@H]2CCCN(c3nc4cccnc4s3)C2)o1. The van der Waals surface area contributed by atoms with Crippen molar-refractivity contribution >= 4 is 32.7 Å². The van der Waals surface area contributed by atoms with Gasteiger partial charge in [0.2, 0.25) is 5.91 Å². The molecule has 0 unspecified atom stereocenters. The molecular formula is C18H20N4O2S. The summed E-state index contributed by atoms with van der Waals surface area (Å²) in [5, 5.41) is 3.94. The minimum Gasteiger partial charge on any atom is -0.465 e. The number of hydrogen-bond donors (Lipinski definition) is 1. The maximum atomic E-state index is 12.5. The Bertz CT molecular complexity index is 855. The molecule has 1 atom stereocenters. The third-order valence-corrected chi connectivity index (χ3v) is 5.49. The highest BCUT2D eigenvalue weighted by Gasteiger charge is 2.27. The van der Waals surface area contributed by atoms with Crippen molar-refractivity contribution in [2.45, 2.75) is 26.3 Å². The van der Waals surface area contributed by atoms with E-state index in [2.05, 4.69) is 20.2 Å². The van der Waals surface area contributed by atoms with Crippen molar-refractivity contribution < 1.29 is 9.21 Å². The lowest BCUT2D eigenvalue weighted by Gasteiger charge is -2.31. The summed E-state index contributed by atoms with van der Waals surface area (Å²) < 4.78 is 5.50. The molecule has 0 radical (unpaired) electrons. The van der Waals surface area contributed by atoms with E-state index in [1.54, 1.807) is 17.5 Å². The van der Waals surface area contributed by atoms with Crippen molar-refractivity contribution in [3.8, 4) is 0 Å². The normalized spacial score (nSPS) is 17.8. The van der Waals surface area contributed by atoms with Gasteiger partial charge in [-0.05, 0) is 44.0 Å². The van der Waals surface area contributed by atoms with Gasteiger partial charge in [0.25, 0.3) is 0 Å².